The number of rotatable bonds is 7. The van der Waals surface area contributed by atoms with Gasteiger partial charge in [-0.15, -0.1) is 0 Å². The molecule has 0 fully saturated rings. The van der Waals surface area contributed by atoms with Gasteiger partial charge in [-0.05, 0) is 42.0 Å². The lowest BCUT2D eigenvalue weighted by atomic mass is 10.2. The number of pyridine rings is 1. The van der Waals surface area contributed by atoms with Gasteiger partial charge in [0.05, 0.1) is 6.54 Å². The lowest BCUT2D eigenvalue weighted by molar-refractivity contribution is -0.116. The average Bonchev–Trinajstić information content (AvgIpc) is 3.09. The SMILES string of the molecule is O=C(CCNC(=O)c1ccc(Cl)cc1)Nc1ccn(Cc2ccncc2)n1. The molecule has 27 heavy (non-hydrogen) atoms. The molecule has 0 saturated heterocycles. The van der Waals surface area contributed by atoms with Crippen LogP contribution in [0.5, 0.6) is 0 Å². The standard InChI is InChI=1S/C19H18ClN5O2/c20-16-3-1-15(2-4-16)19(27)22-11-7-18(26)23-17-8-12-25(24-17)13-14-5-9-21-10-6-14/h1-6,8-10,12H,7,11,13H2,(H,22,27)(H,23,24,26). The largest absolute Gasteiger partial charge is 0.352 e. The highest BCUT2D eigenvalue weighted by Crippen LogP contribution is 2.09. The van der Waals surface area contributed by atoms with Crippen LogP contribution < -0.4 is 10.6 Å². The van der Waals surface area contributed by atoms with E-state index in [-0.39, 0.29) is 24.8 Å². The predicted molar refractivity (Wildman–Crippen MR) is 103 cm³/mol. The number of nitrogens with zero attached hydrogens (tertiary/aromatic N) is 3. The Bertz CT molecular complexity index is 909. The molecule has 2 aromatic heterocycles. The predicted octanol–water partition coefficient (Wildman–Crippen LogP) is 2.74. The molecule has 8 heteroatoms. The highest BCUT2D eigenvalue weighted by atomic mass is 35.5. The molecule has 0 saturated carbocycles. The molecule has 3 rings (SSSR count). The number of anilines is 1. The number of aromatic nitrogens is 3. The molecular formula is C19H18ClN5O2. The molecule has 0 radical (unpaired) electrons. The van der Waals surface area contributed by atoms with Crippen LogP contribution >= 0.6 is 11.6 Å². The van der Waals surface area contributed by atoms with Gasteiger partial charge in [-0.1, -0.05) is 11.6 Å². The third-order valence-electron chi connectivity index (χ3n) is 3.75. The molecule has 0 spiro atoms. The normalized spacial score (nSPS) is 10.4. The summed E-state index contributed by atoms with van der Waals surface area (Å²) in [5.74, 6) is -0.000235. The first kappa shape index (κ1) is 18.6. The number of halogens is 1. The summed E-state index contributed by atoms with van der Waals surface area (Å²) in [4.78, 5) is 27.9. The van der Waals surface area contributed by atoms with Crippen LogP contribution in [0.2, 0.25) is 5.02 Å². The third-order valence-corrected chi connectivity index (χ3v) is 4.00. The minimum atomic E-state index is -0.249. The van der Waals surface area contributed by atoms with Crippen LogP contribution in [-0.2, 0) is 11.3 Å². The first-order chi connectivity index (χ1) is 13.1. The van der Waals surface area contributed by atoms with Gasteiger partial charge in [-0.25, -0.2) is 0 Å². The Hall–Kier alpha value is -3.19. The molecule has 138 valence electrons. The zero-order valence-corrected chi connectivity index (χ0v) is 15.2. The maximum absolute atomic E-state index is 12.0. The third kappa shape index (κ3) is 5.65. The summed E-state index contributed by atoms with van der Waals surface area (Å²) in [6.07, 6.45) is 5.38. The fourth-order valence-corrected chi connectivity index (χ4v) is 2.52. The Morgan fingerprint density at radius 1 is 1.04 bits per heavy atom. The molecule has 3 aromatic rings. The van der Waals surface area contributed by atoms with Crippen LogP contribution in [0.15, 0.2) is 61.1 Å². The lowest BCUT2D eigenvalue weighted by Crippen LogP contribution is -2.27. The highest BCUT2D eigenvalue weighted by molar-refractivity contribution is 6.30. The van der Waals surface area contributed by atoms with Gasteiger partial charge in [-0.3, -0.25) is 19.3 Å². The highest BCUT2D eigenvalue weighted by Gasteiger charge is 2.08. The van der Waals surface area contributed by atoms with Crippen LogP contribution in [0, 0.1) is 0 Å². The molecule has 0 aliphatic heterocycles. The molecule has 0 aliphatic rings. The van der Waals surface area contributed by atoms with E-state index in [1.165, 1.54) is 0 Å². The van der Waals surface area contributed by atoms with Gasteiger partial charge in [0.15, 0.2) is 5.82 Å². The summed E-state index contributed by atoms with van der Waals surface area (Å²) in [7, 11) is 0. The summed E-state index contributed by atoms with van der Waals surface area (Å²) in [5.41, 5.74) is 1.56. The fraction of sp³-hybridized carbons (Fsp3) is 0.158. The van der Waals surface area contributed by atoms with Crippen molar-refractivity contribution in [3.05, 3.63) is 77.2 Å². The van der Waals surface area contributed by atoms with E-state index in [9.17, 15) is 9.59 Å². The Morgan fingerprint density at radius 3 is 2.52 bits per heavy atom. The minimum absolute atomic E-state index is 0.149. The zero-order chi connectivity index (χ0) is 19.1. The van der Waals surface area contributed by atoms with Crippen molar-refractivity contribution in [2.75, 3.05) is 11.9 Å². The first-order valence-corrected chi connectivity index (χ1v) is 8.74. The Morgan fingerprint density at radius 2 is 1.78 bits per heavy atom. The number of benzene rings is 1. The van der Waals surface area contributed by atoms with E-state index in [0.29, 0.717) is 22.9 Å². The lowest BCUT2D eigenvalue weighted by Gasteiger charge is -2.06. The van der Waals surface area contributed by atoms with Crippen molar-refractivity contribution >= 4 is 29.2 Å². The van der Waals surface area contributed by atoms with Crippen LogP contribution in [0.1, 0.15) is 22.3 Å². The second-order valence-corrected chi connectivity index (χ2v) is 6.25. The topological polar surface area (TPSA) is 88.9 Å². The summed E-state index contributed by atoms with van der Waals surface area (Å²) < 4.78 is 1.73. The first-order valence-electron chi connectivity index (χ1n) is 8.36. The molecule has 2 heterocycles. The number of nitrogens with one attached hydrogen (secondary N) is 2. The van der Waals surface area contributed by atoms with Crippen molar-refractivity contribution in [2.45, 2.75) is 13.0 Å². The Labute approximate surface area is 161 Å². The van der Waals surface area contributed by atoms with E-state index in [1.54, 1.807) is 53.6 Å². The molecule has 0 aliphatic carbocycles. The van der Waals surface area contributed by atoms with Gasteiger partial charge in [0.1, 0.15) is 0 Å². The zero-order valence-electron chi connectivity index (χ0n) is 14.4. The Balaban J connectivity index is 1.43. The number of carbonyl (C=O) groups is 2. The number of hydrogen-bond acceptors (Lipinski definition) is 4. The van der Waals surface area contributed by atoms with Crippen LogP contribution in [0.3, 0.4) is 0 Å². The van der Waals surface area contributed by atoms with Crippen molar-refractivity contribution in [1.82, 2.24) is 20.1 Å². The number of hydrogen-bond donors (Lipinski definition) is 2. The van der Waals surface area contributed by atoms with E-state index in [4.69, 9.17) is 11.6 Å². The maximum Gasteiger partial charge on any atom is 0.251 e. The van der Waals surface area contributed by atoms with Crippen LogP contribution in [0.4, 0.5) is 5.82 Å². The quantitative estimate of drug-likeness (QED) is 0.656. The van der Waals surface area contributed by atoms with E-state index in [0.717, 1.165) is 5.56 Å². The van der Waals surface area contributed by atoms with Crippen molar-refractivity contribution in [3.63, 3.8) is 0 Å². The summed E-state index contributed by atoms with van der Waals surface area (Å²) in [6.45, 7) is 0.820. The molecule has 0 atom stereocenters. The molecular weight excluding hydrogens is 366 g/mol. The summed E-state index contributed by atoms with van der Waals surface area (Å²) in [6, 6.07) is 12.1. The van der Waals surface area contributed by atoms with E-state index in [2.05, 4.69) is 20.7 Å². The van der Waals surface area contributed by atoms with Gasteiger partial charge in [-0.2, -0.15) is 5.10 Å². The Kier molecular flexibility index (Phi) is 6.17. The van der Waals surface area contributed by atoms with Gasteiger partial charge in [0.25, 0.3) is 5.91 Å². The number of amides is 2. The summed E-state index contributed by atoms with van der Waals surface area (Å²) in [5, 5.41) is 10.3. The second-order valence-electron chi connectivity index (χ2n) is 5.81. The minimum Gasteiger partial charge on any atom is -0.352 e. The molecule has 7 nitrogen and oxygen atoms in total. The number of carbonyl (C=O) groups excluding carboxylic acids is 2. The fourth-order valence-electron chi connectivity index (χ4n) is 2.39. The van der Waals surface area contributed by atoms with E-state index < -0.39 is 0 Å². The summed E-state index contributed by atoms with van der Waals surface area (Å²) >= 11 is 5.79. The van der Waals surface area contributed by atoms with Crippen LogP contribution in [-0.4, -0.2) is 33.1 Å². The second kappa shape index (κ2) is 8.95. The molecule has 0 unspecified atom stereocenters. The van der Waals surface area contributed by atoms with E-state index in [1.807, 2.05) is 12.1 Å². The molecule has 2 amide bonds. The van der Waals surface area contributed by atoms with Crippen LogP contribution in [0.25, 0.3) is 0 Å². The maximum atomic E-state index is 12.0. The monoisotopic (exact) mass is 383 g/mol. The van der Waals surface area contributed by atoms with Gasteiger partial charge in [0.2, 0.25) is 5.91 Å². The van der Waals surface area contributed by atoms with Gasteiger partial charge >= 0.3 is 0 Å². The molecule has 1 aromatic carbocycles. The van der Waals surface area contributed by atoms with Crippen molar-refractivity contribution in [2.24, 2.45) is 0 Å². The average molecular weight is 384 g/mol. The van der Waals surface area contributed by atoms with Gasteiger partial charge < -0.3 is 10.6 Å². The molecule has 2 N–H and O–H groups in total. The smallest absolute Gasteiger partial charge is 0.251 e. The van der Waals surface area contributed by atoms with Crippen molar-refractivity contribution in [3.8, 4) is 0 Å². The van der Waals surface area contributed by atoms with E-state index >= 15 is 0 Å². The van der Waals surface area contributed by atoms with Crippen molar-refractivity contribution in [1.29, 1.82) is 0 Å². The molecule has 0 bridgehead atoms. The van der Waals surface area contributed by atoms with Gasteiger partial charge in [0, 0.05) is 48.2 Å². The van der Waals surface area contributed by atoms with Crippen molar-refractivity contribution < 1.29 is 9.59 Å².